The molecule has 2 aliphatic heterocycles. The van der Waals surface area contributed by atoms with Gasteiger partial charge in [-0.3, -0.25) is 33.3 Å². The van der Waals surface area contributed by atoms with Crippen LogP contribution in [0.2, 0.25) is 5.15 Å². The van der Waals surface area contributed by atoms with E-state index in [0.29, 0.717) is 76.4 Å². The van der Waals surface area contributed by atoms with Crippen molar-refractivity contribution in [3.63, 3.8) is 0 Å². The van der Waals surface area contributed by atoms with Gasteiger partial charge in [-0.15, -0.1) is 0 Å². The number of benzene rings is 2. The van der Waals surface area contributed by atoms with E-state index < -0.39 is 23.4 Å². The molecule has 2 saturated heterocycles. The molecule has 6 aromatic heterocycles. The highest BCUT2D eigenvalue weighted by atomic mass is 35.5. The Morgan fingerprint density at radius 2 is 1.04 bits per heavy atom. The molecule has 0 radical (unpaired) electrons. The average Bonchev–Trinajstić information content (AvgIpc) is 4.27. The number of halogens is 1. The van der Waals surface area contributed by atoms with Gasteiger partial charge in [0.2, 0.25) is 0 Å². The summed E-state index contributed by atoms with van der Waals surface area (Å²) in [6, 6.07) is 18.0. The number of aromatic amines is 3. The minimum absolute atomic E-state index is 0.0832. The normalized spacial score (nSPS) is 13.5. The van der Waals surface area contributed by atoms with E-state index in [-0.39, 0.29) is 54.3 Å². The maximum absolute atomic E-state index is 13.3. The van der Waals surface area contributed by atoms with E-state index >= 15 is 0 Å². The summed E-state index contributed by atoms with van der Waals surface area (Å²) in [6.45, 7) is 6.40. The number of piperazine rings is 2. The van der Waals surface area contributed by atoms with Gasteiger partial charge >= 0.3 is 0 Å². The Morgan fingerprint density at radius 3 is 1.46 bits per heavy atom. The van der Waals surface area contributed by atoms with E-state index in [0.717, 1.165) is 11.4 Å². The number of methoxy groups -OCH3 is 2. The molecule has 20 nitrogen and oxygen atoms in total. The molecule has 3 N–H and O–H groups in total. The molecule has 0 spiro atoms. The second-order valence-electron chi connectivity index (χ2n) is 16.4. The van der Waals surface area contributed by atoms with Crippen molar-refractivity contribution in [3.8, 4) is 17.3 Å². The molecular weight excluding hydrogens is 932 g/mol. The number of Topliss-reactive ketones (excluding diaryl/α,β-unsaturated/α-hetero) is 2. The van der Waals surface area contributed by atoms with Crippen molar-refractivity contribution in [1.29, 1.82) is 0 Å². The maximum atomic E-state index is 13.3. The third kappa shape index (κ3) is 10.5. The van der Waals surface area contributed by atoms with Crippen molar-refractivity contribution in [1.82, 2.24) is 59.1 Å². The zero-order valence-corrected chi connectivity index (χ0v) is 40.0. The summed E-state index contributed by atoms with van der Waals surface area (Å²) in [6.07, 6.45) is 12.8. The lowest BCUT2D eigenvalue weighted by Gasteiger charge is -2.34. The number of hydrogen-bond donors (Lipinski definition) is 3. The number of ketones is 2. The molecule has 0 atom stereocenters. The zero-order valence-electron chi connectivity index (χ0n) is 39.2. The molecule has 2 aromatic carbocycles. The van der Waals surface area contributed by atoms with Gasteiger partial charge in [-0.2, -0.15) is 0 Å². The van der Waals surface area contributed by atoms with Gasteiger partial charge in [0.1, 0.15) is 17.8 Å². The van der Waals surface area contributed by atoms with Crippen LogP contribution in [0.3, 0.4) is 0 Å². The van der Waals surface area contributed by atoms with E-state index in [1.807, 2.05) is 56.4 Å². The van der Waals surface area contributed by atoms with E-state index in [1.54, 1.807) is 57.5 Å². The van der Waals surface area contributed by atoms with E-state index in [2.05, 4.69) is 34.9 Å². The summed E-state index contributed by atoms with van der Waals surface area (Å²) in [5, 5.41) is 1.10. The number of ether oxygens (including phenoxy) is 2. The Hall–Kier alpha value is -8.65. The van der Waals surface area contributed by atoms with Gasteiger partial charge in [-0.1, -0.05) is 48.0 Å². The number of nitrogens with one attached hydrogen (secondary N) is 3. The summed E-state index contributed by atoms with van der Waals surface area (Å²) in [5.41, 5.74) is 4.52. The van der Waals surface area contributed by atoms with Gasteiger partial charge in [-0.25, -0.2) is 19.9 Å². The first-order valence-electron chi connectivity index (χ1n) is 22.4. The number of pyridine rings is 2. The summed E-state index contributed by atoms with van der Waals surface area (Å²) < 4.78 is 12.5. The number of rotatable bonds is 9. The molecule has 2 aliphatic rings. The molecule has 71 heavy (non-hydrogen) atoms. The maximum Gasteiger partial charge on any atom is 0.295 e. The number of amides is 4. The van der Waals surface area contributed by atoms with Crippen LogP contribution in [0.4, 0.5) is 0 Å². The summed E-state index contributed by atoms with van der Waals surface area (Å²) in [5.74, 6) is -1.43. The van der Waals surface area contributed by atoms with Crippen LogP contribution in [-0.2, 0) is 9.59 Å². The number of nitrogens with zero attached hydrogens (tertiary/aromatic N) is 9. The van der Waals surface area contributed by atoms with Gasteiger partial charge in [0.15, 0.2) is 11.0 Å². The lowest BCUT2D eigenvalue weighted by Crippen LogP contribution is -2.52. The third-order valence-corrected chi connectivity index (χ3v) is 12.2. The molecular formula is C50H49ClN12O8. The van der Waals surface area contributed by atoms with Crippen molar-refractivity contribution < 1.29 is 38.2 Å². The highest BCUT2D eigenvalue weighted by molar-refractivity contribution is 6.46. The highest BCUT2D eigenvalue weighted by Gasteiger charge is 2.33. The molecule has 8 aromatic rings. The number of aryl methyl sites for hydroxylation is 2. The average molecular weight is 981 g/mol. The fourth-order valence-electron chi connectivity index (χ4n) is 8.19. The lowest BCUT2D eigenvalue weighted by atomic mass is 10.1. The minimum Gasteiger partial charge on any atom is -0.494 e. The van der Waals surface area contributed by atoms with Crippen molar-refractivity contribution in [2.24, 2.45) is 0 Å². The number of hydrogen-bond acceptors (Lipinski definition) is 12. The second kappa shape index (κ2) is 21.8. The standard InChI is InChI=1S/C25H24N6O4.C21H19ClN4O4.C4H6N2/c1-16-14-31(15-28-16)23-21-20(19(35-2)13-27-23)18(12-26-21)22(32)25(34)30-10-8-29(9-11-30)24(33)17-6-4-3-5-7-17;1-30-15-12-24-19(22)17-16(15)14(11-23-17)18(27)21(29)26-9-7-25(8-10-26)20(28)13-5-3-2-4-6-13;1-4-2-5-3-6-4/h3-7,12-15,26H,8-11H2,1-2H3;2-6,11-12,23H,7-10H2,1H3;2-3H,1H3,(H,5,6). The molecule has 0 unspecified atom stereocenters. The van der Waals surface area contributed by atoms with Crippen LogP contribution in [-0.4, -0.2) is 161 Å². The van der Waals surface area contributed by atoms with Crippen LogP contribution < -0.4 is 9.47 Å². The first kappa shape index (κ1) is 48.8. The Labute approximate surface area is 411 Å². The molecule has 0 aliphatic carbocycles. The predicted molar refractivity (Wildman–Crippen MR) is 262 cm³/mol. The van der Waals surface area contributed by atoms with Gasteiger partial charge in [-0.05, 0) is 38.1 Å². The van der Waals surface area contributed by atoms with Crippen LogP contribution in [0.1, 0.15) is 52.8 Å². The van der Waals surface area contributed by atoms with Crippen LogP contribution >= 0.6 is 11.6 Å². The SMILES string of the molecule is COc1cnc(-n2cnc(C)c2)c2[nH]cc(C(=O)C(=O)N3CCN(C(=O)c4ccccc4)CC3)c12.COc1cnc(Cl)c2[nH]cc(C(=O)C(=O)N3CCN(C(=O)c4ccccc4)CC3)c12.Cc1cnc[nH]1. The Kier molecular flexibility index (Phi) is 14.9. The number of aromatic nitrogens is 8. The smallest absolute Gasteiger partial charge is 0.295 e. The number of H-pyrrole nitrogens is 3. The molecule has 4 amide bonds. The number of carbonyl (C=O) groups is 6. The fraction of sp³-hybridized carbons (Fsp3) is 0.240. The van der Waals surface area contributed by atoms with Gasteiger partial charge in [0.25, 0.3) is 35.2 Å². The summed E-state index contributed by atoms with van der Waals surface area (Å²) >= 11 is 6.09. The first-order chi connectivity index (χ1) is 34.4. The van der Waals surface area contributed by atoms with Crippen molar-refractivity contribution >= 4 is 68.6 Å². The van der Waals surface area contributed by atoms with Crippen LogP contribution in [0.5, 0.6) is 11.5 Å². The number of carbonyl (C=O) groups excluding carboxylic acids is 6. The zero-order chi connectivity index (χ0) is 50.2. The van der Waals surface area contributed by atoms with Crippen molar-refractivity contribution in [3.05, 3.63) is 149 Å². The lowest BCUT2D eigenvalue weighted by molar-refractivity contribution is -0.128. The first-order valence-corrected chi connectivity index (χ1v) is 22.8. The Morgan fingerprint density at radius 1 is 0.577 bits per heavy atom. The number of fused-ring (bicyclic) bond motifs is 2. The van der Waals surface area contributed by atoms with Gasteiger partial charge < -0.3 is 44.0 Å². The van der Waals surface area contributed by atoms with Crippen LogP contribution in [0, 0.1) is 13.8 Å². The molecule has 0 saturated carbocycles. The summed E-state index contributed by atoms with van der Waals surface area (Å²) in [7, 11) is 2.94. The predicted octanol–water partition coefficient (Wildman–Crippen LogP) is 5.34. The minimum atomic E-state index is -0.662. The van der Waals surface area contributed by atoms with E-state index in [9.17, 15) is 28.8 Å². The Bertz CT molecular complexity index is 3210. The molecule has 364 valence electrons. The van der Waals surface area contributed by atoms with Crippen molar-refractivity contribution in [2.45, 2.75) is 13.8 Å². The molecule has 8 heterocycles. The van der Waals surface area contributed by atoms with E-state index in [1.165, 1.54) is 48.8 Å². The molecule has 10 rings (SSSR count). The van der Waals surface area contributed by atoms with E-state index in [4.69, 9.17) is 21.1 Å². The van der Waals surface area contributed by atoms with Gasteiger partial charge in [0.05, 0.1) is 71.6 Å². The quantitative estimate of drug-likeness (QED) is 0.0944. The topological polar surface area (TPSA) is 238 Å². The number of imidazole rings is 2. The van der Waals surface area contributed by atoms with Crippen molar-refractivity contribution in [2.75, 3.05) is 66.6 Å². The summed E-state index contributed by atoms with van der Waals surface area (Å²) in [4.78, 5) is 109. The monoisotopic (exact) mass is 980 g/mol. The molecule has 0 bridgehead atoms. The second-order valence-corrected chi connectivity index (χ2v) is 16.7. The molecule has 21 heteroatoms. The third-order valence-electron chi connectivity index (χ3n) is 11.9. The fourth-order valence-corrected chi connectivity index (χ4v) is 8.38. The molecule has 2 fully saturated rings. The highest BCUT2D eigenvalue weighted by Crippen LogP contribution is 2.34. The van der Waals surface area contributed by atoms with Crippen LogP contribution in [0.15, 0.2) is 110 Å². The van der Waals surface area contributed by atoms with Crippen LogP contribution in [0.25, 0.3) is 27.6 Å². The van der Waals surface area contributed by atoms with Gasteiger partial charge in [0, 0.05) is 94.0 Å². The Balaban J connectivity index is 0.000000172. The largest absolute Gasteiger partial charge is 0.494 e.